The maximum atomic E-state index is 11.9. The predicted molar refractivity (Wildman–Crippen MR) is 83.0 cm³/mol. The second-order valence-corrected chi connectivity index (χ2v) is 5.97. The Labute approximate surface area is 127 Å². The normalized spacial score (nSPS) is 14.6. The lowest BCUT2D eigenvalue weighted by Gasteiger charge is -2.09. The number of aromatic hydroxyl groups is 1. The van der Waals surface area contributed by atoms with Gasteiger partial charge in [-0.05, 0) is 44.2 Å². The largest absolute Gasteiger partial charge is 0.507 e. The van der Waals surface area contributed by atoms with Gasteiger partial charge in [-0.1, -0.05) is 18.2 Å². The van der Waals surface area contributed by atoms with E-state index in [2.05, 4.69) is 0 Å². The molecule has 4 heteroatoms. The molecule has 0 radical (unpaired) electrons. The van der Waals surface area contributed by atoms with Gasteiger partial charge in [0.2, 0.25) is 0 Å². The Hall–Kier alpha value is -2.49. The number of hydrogen-bond acceptors (Lipinski definition) is 4. The van der Waals surface area contributed by atoms with Gasteiger partial charge < -0.3 is 13.9 Å². The van der Waals surface area contributed by atoms with Crippen molar-refractivity contribution >= 4 is 11.0 Å². The molecule has 1 fully saturated rings. The molecule has 1 aromatic carbocycles. The van der Waals surface area contributed by atoms with E-state index in [0.29, 0.717) is 29.4 Å². The molecule has 0 bridgehead atoms. The lowest BCUT2D eigenvalue weighted by Crippen LogP contribution is -2.07. The number of hydrogen-bond donors (Lipinski definition) is 1. The Morgan fingerprint density at radius 3 is 2.73 bits per heavy atom. The summed E-state index contributed by atoms with van der Waals surface area (Å²) in [7, 11) is 0. The second kappa shape index (κ2) is 4.77. The molecule has 0 saturated heterocycles. The van der Waals surface area contributed by atoms with Crippen LogP contribution in [-0.4, -0.2) is 5.11 Å². The molecule has 1 aliphatic rings. The van der Waals surface area contributed by atoms with Crippen LogP contribution in [0.1, 0.15) is 24.0 Å². The van der Waals surface area contributed by atoms with Gasteiger partial charge in [-0.2, -0.15) is 0 Å². The molecule has 0 amide bonds. The van der Waals surface area contributed by atoms with Crippen molar-refractivity contribution in [3.8, 4) is 17.3 Å². The molecule has 1 saturated carbocycles. The zero-order chi connectivity index (χ0) is 15.3. The number of rotatable bonds is 3. The molecule has 2 heterocycles. The lowest BCUT2D eigenvalue weighted by atomic mass is 10.0. The van der Waals surface area contributed by atoms with Crippen LogP contribution in [0.2, 0.25) is 0 Å². The highest BCUT2D eigenvalue weighted by molar-refractivity contribution is 5.82. The van der Waals surface area contributed by atoms with Crippen LogP contribution in [0.4, 0.5) is 0 Å². The van der Waals surface area contributed by atoms with E-state index in [0.717, 1.165) is 23.8 Å². The SMILES string of the molecule is Cc1c(O)c(CC2CC2)c(-c2cc3ccccc3o2)oc1=O. The first-order chi connectivity index (χ1) is 10.6. The Balaban J connectivity index is 1.93. The molecule has 1 aliphatic carbocycles. The van der Waals surface area contributed by atoms with E-state index >= 15 is 0 Å². The van der Waals surface area contributed by atoms with Crippen molar-refractivity contribution in [2.45, 2.75) is 26.2 Å². The summed E-state index contributed by atoms with van der Waals surface area (Å²) in [6, 6.07) is 9.47. The third-order valence-electron chi connectivity index (χ3n) is 4.26. The molecule has 4 nitrogen and oxygen atoms in total. The molecule has 22 heavy (non-hydrogen) atoms. The first-order valence-electron chi connectivity index (χ1n) is 7.48. The number of para-hydroxylation sites is 1. The van der Waals surface area contributed by atoms with Crippen molar-refractivity contribution in [2.75, 3.05) is 0 Å². The zero-order valence-electron chi connectivity index (χ0n) is 12.3. The molecule has 112 valence electrons. The minimum atomic E-state index is -0.521. The Morgan fingerprint density at radius 2 is 2.00 bits per heavy atom. The summed E-state index contributed by atoms with van der Waals surface area (Å²) in [6.45, 7) is 1.58. The van der Waals surface area contributed by atoms with E-state index in [-0.39, 0.29) is 11.3 Å². The third kappa shape index (κ3) is 2.11. The monoisotopic (exact) mass is 296 g/mol. The van der Waals surface area contributed by atoms with Crippen LogP contribution in [0, 0.1) is 12.8 Å². The highest BCUT2D eigenvalue weighted by atomic mass is 16.4. The summed E-state index contributed by atoms with van der Waals surface area (Å²) >= 11 is 0. The average molecular weight is 296 g/mol. The average Bonchev–Trinajstić information content (AvgIpc) is 3.23. The fourth-order valence-electron chi connectivity index (χ4n) is 2.75. The third-order valence-corrected chi connectivity index (χ3v) is 4.26. The van der Waals surface area contributed by atoms with Gasteiger partial charge in [0.1, 0.15) is 11.3 Å². The van der Waals surface area contributed by atoms with Crippen molar-refractivity contribution in [1.82, 2.24) is 0 Å². The zero-order valence-corrected chi connectivity index (χ0v) is 12.3. The number of furan rings is 1. The molecule has 0 spiro atoms. The van der Waals surface area contributed by atoms with E-state index in [9.17, 15) is 9.90 Å². The van der Waals surface area contributed by atoms with Gasteiger partial charge in [-0.3, -0.25) is 0 Å². The van der Waals surface area contributed by atoms with E-state index in [1.165, 1.54) is 0 Å². The summed E-state index contributed by atoms with van der Waals surface area (Å²) in [5.74, 6) is 1.44. The van der Waals surface area contributed by atoms with Gasteiger partial charge in [0.05, 0.1) is 5.56 Å². The highest BCUT2D eigenvalue weighted by Gasteiger charge is 2.28. The van der Waals surface area contributed by atoms with Crippen LogP contribution in [0.3, 0.4) is 0 Å². The standard InChI is InChI=1S/C18H16O4/c1-10-16(19)13(8-11-6-7-11)17(22-18(10)20)15-9-12-4-2-3-5-14(12)21-15/h2-5,9,11,19H,6-8H2,1H3. The maximum Gasteiger partial charge on any atom is 0.343 e. The molecular formula is C18H16O4. The van der Waals surface area contributed by atoms with Crippen molar-refractivity contribution in [3.05, 3.63) is 51.9 Å². The van der Waals surface area contributed by atoms with Gasteiger partial charge in [-0.25, -0.2) is 4.79 Å². The Kier molecular flexibility index (Phi) is 2.86. The summed E-state index contributed by atoms with van der Waals surface area (Å²) in [5.41, 5.74) is 1.15. The van der Waals surface area contributed by atoms with Crippen LogP contribution < -0.4 is 5.63 Å². The second-order valence-electron chi connectivity index (χ2n) is 5.97. The number of fused-ring (bicyclic) bond motifs is 1. The smallest absolute Gasteiger partial charge is 0.343 e. The van der Waals surface area contributed by atoms with Gasteiger partial charge in [-0.15, -0.1) is 0 Å². The van der Waals surface area contributed by atoms with Crippen molar-refractivity contribution < 1.29 is 13.9 Å². The van der Waals surface area contributed by atoms with Crippen LogP contribution >= 0.6 is 0 Å². The minimum absolute atomic E-state index is 0.0404. The van der Waals surface area contributed by atoms with Crippen LogP contribution in [0.25, 0.3) is 22.5 Å². The van der Waals surface area contributed by atoms with E-state index in [1.54, 1.807) is 6.92 Å². The summed E-state index contributed by atoms with van der Waals surface area (Å²) in [6.07, 6.45) is 3.01. The topological polar surface area (TPSA) is 63.6 Å². The van der Waals surface area contributed by atoms with E-state index in [4.69, 9.17) is 8.83 Å². The van der Waals surface area contributed by atoms with Crippen molar-refractivity contribution in [2.24, 2.45) is 5.92 Å². The van der Waals surface area contributed by atoms with Crippen molar-refractivity contribution in [3.63, 3.8) is 0 Å². The van der Waals surface area contributed by atoms with Crippen molar-refractivity contribution in [1.29, 1.82) is 0 Å². The molecule has 0 aliphatic heterocycles. The maximum absolute atomic E-state index is 11.9. The van der Waals surface area contributed by atoms with E-state index < -0.39 is 5.63 Å². The first kappa shape index (κ1) is 13.2. The van der Waals surface area contributed by atoms with Crippen LogP contribution in [-0.2, 0) is 6.42 Å². The summed E-state index contributed by atoms with van der Waals surface area (Å²) < 4.78 is 11.3. The van der Waals surface area contributed by atoms with Gasteiger partial charge in [0, 0.05) is 10.9 Å². The fraction of sp³-hybridized carbons (Fsp3) is 0.278. The molecule has 3 aromatic rings. The van der Waals surface area contributed by atoms with Gasteiger partial charge >= 0.3 is 5.63 Å². The van der Waals surface area contributed by atoms with Crippen LogP contribution in [0.5, 0.6) is 5.75 Å². The first-order valence-corrected chi connectivity index (χ1v) is 7.48. The fourth-order valence-corrected chi connectivity index (χ4v) is 2.75. The molecular weight excluding hydrogens is 280 g/mol. The molecule has 0 unspecified atom stereocenters. The molecule has 1 N–H and O–H groups in total. The summed E-state index contributed by atoms with van der Waals surface area (Å²) in [5, 5.41) is 11.3. The quantitative estimate of drug-likeness (QED) is 0.793. The predicted octanol–water partition coefficient (Wildman–Crippen LogP) is 4.02. The Bertz CT molecular complexity index is 879. The van der Waals surface area contributed by atoms with Crippen LogP contribution in [0.15, 0.2) is 44.0 Å². The molecule has 2 aromatic heterocycles. The van der Waals surface area contributed by atoms with Gasteiger partial charge in [0.15, 0.2) is 11.5 Å². The highest BCUT2D eigenvalue weighted by Crippen LogP contribution is 2.40. The lowest BCUT2D eigenvalue weighted by molar-refractivity contribution is 0.427. The molecule has 0 atom stereocenters. The number of benzene rings is 1. The Morgan fingerprint density at radius 1 is 1.23 bits per heavy atom. The minimum Gasteiger partial charge on any atom is -0.507 e. The van der Waals surface area contributed by atoms with E-state index in [1.807, 2.05) is 30.3 Å². The van der Waals surface area contributed by atoms with Gasteiger partial charge in [0.25, 0.3) is 0 Å². The molecule has 4 rings (SSSR count). The summed E-state index contributed by atoms with van der Waals surface area (Å²) in [4.78, 5) is 11.9.